The number of amides is 2. The SMILES string of the molecule is Cc1c(Cl)cccc1N1CC(=O)N(C)CC1=O. The lowest BCUT2D eigenvalue weighted by Gasteiger charge is -2.32. The fourth-order valence-electron chi connectivity index (χ4n) is 1.83. The topological polar surface area (TPSA) is 40.6 Å². The Morgan fingerprint density at radius 3 is 2.59 bits per heavy atom. The summed E-state index contributed by atoms with van der Waals surface area (Å²) < 4.78 is 0. The smallest absolute Gasteiger partial charge is 0.247 e. The molecule has 0 unspecified atom stereocenters. The standard InChI is InChI=1S/C12H13ClN2O2/c1-8-9(13)4-3-5-10(8)15-7-11(16)14(2)6-12(15)17/h3-5H,6-7H2,1-2H3. The molecule has 1 aliphatic rings. The molecule has 2 amide bonds. The molecule has 0 atom stereocenters. The van der Waals surface area contributed by atoms with Gasteiger partial charge in [-0.25, -0.2) is 0 Å². The minimum Gasteiger partial charge on any atom is -0.335 e. The molecule has 0 radical (unpaired) electrons. The molecule has 4 nitrogen and oxygen atoms in total. The molecule has 0 bridgehead atoms. The van der Waals surface area contributed by atoms with Gasteiger partial charge in [-0.1, -0.05) is 17.7 Å². The van der Waals surface area contributed by atoms with E-state index in [0.717, 1.165) is 5.56 Å². The van der Waals surface area contributed by atoms with Crippen molar-refractivity contribution in [2.45, 2.75) is 6.92 Å². The van der Waals surface area contributed by atoms with Crippen molar-refractivity contribution < 1.29 is 9.59 Å². The van der Waals surface area contributed by atoms with Crippen LogP contribution in [0.5, 0.6) is 0 Å². The minimum atomic E-state index is -0.0857. The average molecular weight is 253 g/mol. The number of hydrogen-bond acceptors (Lipinski definition) is 2. The van der Waals surface area contributed by atoms with Crippen molar-refractivity contribution in [2.24, 2.45) is 0 Å². The fourth-order valence-corrected chi connectivity index (χ4v) is 2.00. The summed E-state index contributed by atoms with van der Waals surface area (Å²) in [5.74, 6) is -0.151. The van der Waals surface area contributed by atoms with Crippen molar-refractivity contribution in [3.05, 3.63) is 28.8 Å². The van der Waals surface area contributed by atoms with Crippen LogP contribution in [0.15, 0.2) is 18.2 Å². The first-order valence-corrected chi connectivity index (χ1v) is 5.68. The molecule has 1 aromatic carbocycles. The number of halogens is 1. The zero-order valence-electron chi connectivity index (χ0n) is 9.74. The second-order valence-electron chi connectivity index (χ2n) is 4.11. The van der Waals surface area contributed by atoms with Gasteiger partial charge in [-0.15, -0.1) is 0 Å². The average Bonchev–Trinajstić information content (AvgIpc) is 2.28. The third-order valence-corrected chi connectivity index (χ3v) is 3.33. The van der Waals surface area contributed by atoms with E-state index in [4.69, 9.17) is 11.6 Å². The zero-order chi connectivity index (χ0) is 12.6. The Kier molecular flexibility index (Phi) is 3.07. The molecule has 0 N–H and O–H groups in total. The Morgan fingerprint density at radius 1 is 1.18 bits per heavy atom. The van der Waals surface area contributed by atoms with E-state index in [2.05, 4.69) is 0 Å². The van der Waals surface area contributed by atoms with Crippen LogP contribution in [0, 0.1) is 6.92 Å². The maximum absolute atomic E-state index is 11.9. The molecule has 1 heterocycles. The lowest BCUT2D eigenvalue weighted by Crippen LogP contribution is -2.52. The molecule has 2 rings (SSSR count). The highest BCUT2D eigenvalue weighted by atomic mass is 35.5. The van der Waals surface area contributed by atoms with E-state index in [1.165, 1.54) is 9.80 Å². The van der Waals surface area contributed by atoms with E-state index in [-0.39, 0.29) is 24.9 Å². The lowest BCUT2D eigenvalue weighted by molar-refractivity contribution is -0.136. The van der Waals surface area contributed by atoms with Crippen molar-refractivity contribution in [1.82, 2.24) is 4.90 Å². The lowest BCUT2D eigenvalue weighted by atomic mass is 10.1. The quantitative estimate of drug-likeness (QED) is 0.759. The van der Waals surface area contributed by atoms with Gasteiger partial charge in [0.2, 0.25) is 11.8 Å². The number of rotatable bonds is 1. The summed E-state index contributed by atoms with van der Waals surface area (Å²) in [5.41, 5.74) is 1.53. The van der Waals surface area contributed by atoms with Gasteiger partial charge in [-0.2, -0.15) is 0 Å². The van der Waals surface area contributed by atoms with E-state index >= 15 is 0 Å². The van der Waals surface area contributed by atoms with Gasteiger partial charge in [-0.3, -0.25) is 9.59 Å². The van der Waals surface area contributed by atoms with Crippen LogP contribution in [0.25, 0.3) is 0 Å². The number of carbonyl (C=O) groups is 2. The molecule has 0 aliphatic carbocycles. The highest BCUT2D eigenvalue weighted by molar-refractivity contribution is 6.31. The van der Waals surface area contributed by atoms with E-state index in [0.29, 0.717) is 10.7 Å². The van der Waals surface area contributed by atoms with E-state index < -0.39 is 0 Å². The third kappa shape index (κ3) is 2.13. The van der Waals surface area contributed by atoms with Gasteiger partial charge in [0.05, 0.1) is 6.54 Å². The normalized spacial score (nSPS) is 16.6. The van der Waals surface area contributed by atoms with Crippen LogP contribution in [0.1, 0.15) is 5.56 Å². The molecule has 1 fully saturated rings. The van der Waals surface area contributed by atoms with E-state index in [9.17, 15) is 9.59 Å². The molecule has 1 aromatic rings. The predicted octanol–water partition coefficient (Wildman–Crippen LogP) is 1.45. The number of benzene rings is 1. The first-order valence-electron chi connectivity index (χ1n) is 5.30. The van der Waals surface area contributed by atoms with Gasteiger partial charge in [0.25, 0.3) is 0 Å². The first-order chi connectivity index (χ1) is 8.00. The van der Waals surface area contributed by atoms with Crippen molar-refractivity contribution in [1.29, 1.82) is 0 Å². The van der Waals surface area contributed by atoms with E-state index in [1.54, 1.807) is 25.2 Å². The Hall–Kier alpha value is -1.55. The number of hydrogen-bond donors (Lipinski definition) is 0. The number of likely N-dealkylation sites (N-methyl/N-ethyl adjacent to an activating group) is 1. The van der Waals surface area contributed by atoms with Crippen LogP contribution < -0.4 is 4.90 Å². The summed E-state index contributed by atoms with van der Waals surface area (Å²) in [6.45, 7) is 2.04. The van der Waals surface area contributed by atoms with Crippen LogP contribution >= 0.6 is 11.6 Å². The number of anilines is 1. The molecule has 5 heteroatoms. The highest BCUT2D eigenvalue weighted by Gasteiger charge is 2.29. The summed E-state index contributed by atoms with van der Waals surface area (Å²) in [4.78, 5) is 26.4. The number of carbonyl (C=O) groups excluding carboxylic acids is 2. The van der Waals surface area contributed by atoms with Gasteiger partial charge in [-0.05, 0) is 24.6 Å². The Bertz CT molecular complexity index is 487. The summed E-state index contributed by atoms with van der Waals surface area (Å²) >= 11 is 6.01. The molecular formula is C12H13ClN2O2. The predicted molar refractivity (Wildman–Crippen MR) is 66.2 cm³/mol. The van der Waals surface area contributed by atoms with Crippen molar-refractivity contribution in [3.8, 4) is 0 Å². The molecule has 1 saturated heterocycles. The maximum Gasteiger partial charge on any atom is 0.247 e. The summed E-state index contributed by atoms with van der Waals surface area (Å²) in [7, 11) is 1.63. The number of piperazine rings is 1. The molecule has 0 aromatic heterocycles. The van der Waals surface area contributed by atoms with Crippen LogP contribution in [0.3, 0.4) is 0 Å². The molecule has 1 aliphatic heterocycles. The second kappa shape index (κ2) is 4.37. The maximum atomic E-state index is 11.9. The van der Waals surface area contributed by atoms with E-state index in [1.807, 2.05) is 6.92 Å². The Balaban J connectivity index is 2.37. The monoisotopic (exact) mass is 252 g/mol. The van der Waals surface area contributed by atoms with Crippen LogP contribution in [0.4, 0.5) is 5.69 Å². The molecular weight excluding hydrogens is 240 g/mol. The fraction of sp³-hybridized carbons (Fsp3) is 0.333. The van der Waals surface area contributed by atoms with Crippen molar-refractivity contribution >= 4 is 29.1 Å². The largest absolute Gasteiger partial charge is 0.335 e. The first kappa shape index (κ1) is 11.9. The van der Waals surface area contributed by atoms with Crippen LogP contribution in [-0.4, -0.2) is 36.9 Å². The zero-order valence-corrected chi connectivity index (χ0v) is 10.5. The van der Waals surface area contributed by atoms with Crippen LogP contribution in [0.2, 0.25) is 5.02 Å². The highest BCUT2D eigenvalue weighted by Crippen LogP contribution is 2.27. The molecule has 0 saturated carbocycles. The summed E-state index contributed by atoms with van der Waals surface area (Å²) in [6.07, 6.45) is 0. The van der Waals surface area contributed by atoms with Gasteiger partial charge in [0.1, 0.15) is 6.54 Å². The van der Waals surface area contributed by atoms with Gasteiger partial charge in [0, 0.05) is 17.8 Å². The van der Waals surface area contributed by atoms with Crippen LogP contribution in [-0.2, 0) is 9.59 Å². The third-order valence-electron chi connectivity index (χ3n) is 2.92. The van der Waals surface area contributed by atoms with Crippen molar-refractivity contribution in [3.63, 3.8) is 0 Å². The summed E-state index contributed by atoms with van der Waals surface area (Å²) in [6, 6.07) is 5.35. The van der Waals surface area contributed by atoms with Crippen molar-refractivity contribution in [2.75, 3.05) is 25.0 Å². The number of nitrogens with zero attached hydrogens (tertiary/aromatic N) is 2. The second-order valence-corrected chi connectivity index (χ2v) is 4.52. The van der Waals surface area contributed by atoms with Gasteiger partial charge >= 0.3 is 0 Å². The van der Waals surface area contributed by atoms with Gasteiger partial charge < -0.3 is 9.80 Å². The molecule has 90 valence electrons. The summed E-state index contributed by atoms with van der Waals surface area (Å²) in [5, 5.41) is 0.599. The Labute approximate surface area is 105 Å². The minimum absolute atomic E-state index is 0.0658. The van der Waals surface area contributed by atoms with Gasteiger partial charge in [0.15, 0.2) is 0 Å². The molecule has 17 heavy (non-hydrogen) atoms. The molecule has 0 spiro atoms. The Morgan fingerprint density at radius 2 is 1.88 bits per heavy atom.